The van der Waals surface area contributed by atoms with Crippen LogP contribution in [0.5, 0.6) is 5.75 Å². The van der Waals surface area contributed by atoms with Crippen LogP contribution in [0.4, 0.5) is 0 Å². The molecule has 0 bridgehead atoms. The Morgan fingerprint density at radius 2 is 1.29 bits per heavy atom. The highest BCUT2D eigenvalue weighted by molar-refractivity contribution is 6.30. The quantitative estimate of drug-likeness (QED) is 0.707. The lowest BCUT2D eigenvalue weighted by Gasteiger charge is -2.31. The van der Waals surface area contributed by atoms with Gasteiger partial charge >= 0.3 is 0 Å². The molecule has 2 aromatic rings. The van der Waals surface area contributed by atoms with Crippen molar-refractivity contribution in [3.05, 3.63) is 63.7 Å². The second-order valence-electron chi connectivity index (χ2n) is 10.3. The summed E-state index contributed by atoms with van der Waals surface area (Å²) in [5.74, 6) is 0.454. The highest BCUT2D eigenvalue weighted by Gasteiger charge is 2.33. The Morgan fingerprint density at radius 1 is 0.821 bits per heavy atom. The molecule has 0 radical (unpaired) electrons. The lowest BCUT2D eigenvalue weighted by Crippen LogP contribution is -3.10. The molecule has 2 N–H and O–H groups in total. The molecule has 1 atom stereocenters. The molecular formula is C25H35ClNO+. The summed E-state index contributed by atoms with van der Waals surface area (Å²) in [5, 5.41) is 11.9. The molecule has 0 amide bonds. The summed E-state index contributed by atoms with van der Waals surface area (Å²) >= 11 is 6.17. The van der Waals surface area contributed by atoms with Crippen LogP contribution in [0.25, 0.3) is 0 Å². The van der Waals surface area contributed by atoms with Crippen molar-refractivity contribution in [1.29, 1.82) is 0 Å². The van der Waals surface area contributed by atoms with Crippen molar-refractivity contribution in [3.63, 3.8) is 0 Å². The van der Waals surface area contributed by atoms with E-state index in [9.17, 15) is 5.11 Å². The molecule has 3 rings (SSSR count). The zero-order valence-electron chi connectivity index (χ0n) is 18.2. The normalized spacial score (nSPS) is 17.1. The highest BCUT2D eigenvalue weighted by Crippen LogP contribution is 2.41. The third kappa shape index (κ3) is 4.39. The standard InChI is InChI=1S/C25H34ClNO/c1-24(2,3)20-15-18(16-21(23(20)28)25(4,5)6)22(27-13-7-8-14-27)17-9-11-19(26)12-10-17/h9-12,15-16,22,28H,7-8,13-14H2,1-6H3/p+1/t22-/m1/s1. The number of hydrogen-bond acceptors (Lipinski definition) is 1. The first-order valence-electron chi connectivity index (χ1n) is 10.5. The minimum Gasteiger partial charge on any atom is -0.507 e. The van der Waals surface area contributed by atoms with Gasteiger partial charge in [-0.25, -0.2) is 0 Å². The highest BCUT2D eigenvalue weighted by atomic mass is 35.5. The van der Waals surface area contributed by atoms with Crippen molar-refractivity contribution in [3.8, 4) is 5.75 Å². The third-order valence-electron chi connectivity index (χ3n) is 5.94. The number of benzene rings is 2. The Kier molecular flexibility index (Phi) is 5.85. The molecule has 1 aliphatic heterocycles. The summed E-state index contributed by atoms with van der Waals surface area (Å²) in [6, 6.07) is 13.1. The van der Waals surface area contributed by atoms with Crippen LogP contribution >= 0.6 is 11.6 Å². The fraction of sp³-hybridized carbons (Fsp3) is 0.520. The minimum atomic E-state index is -0.120. The molecule has 0 spiro atoms. The van der Waals surface area contributed by atoms with E-state index < -0.39 is 0 Å². The van der Waals surface area contributed by atoms with Crippen LogP contribution in [0.3, 0.4) is 0 Å². The van der Waals surface area contributed by atoms with Gasteiger partial charge in [0.2, 0.25) is 0 Å². The van der Waals surface area contributed by atoms with Crippen molar-refractivity contribution in [2.45, 2.75) is 71.3 Å². The van der Waals surface area contributed by atoms with E-state index >= 15 is 0 Å². The van der Waals surface area contributed by atoms with E-state index in [0.717, 1.165) is 16.1 Å². The van der Waals surface area contributed by atoms with Crippen LogP contribution in [-0.2, 0) is 10.8 Å². The molecule has 1 fully saturated rings. The number of quaternary nitrogens is 1. The first kappa shape index (κ1) is 21.2. The van der Waals surface area contributed by atoms with E-state index in [1.165, 1.54) is 37.1 Å². The Hall–Kier alpha value is -1.51. The molecule has 28 heavy (non-hydrogen) atoms. The van der Waals surface area contributed by atoms with E-state index in [4.69, 9.17) is 11.6 Å². The molecular weight excluding hydrogens is 366 g/mol. The fourth-order valence-corrected chi connectivity index (χ4v) is 4.53. The van der Waals surface area contributed by atoms with Gasteiger partial charge in [0, 0.05) is 40.1 Å². The van der Waals surface area contributed by atoms with Gasteiger partial charge in [-0.2, -0.15) is 0 Å². The second kappa shape index (κ2) is 7.72. The van der Waals surface area contributed by atoms with Crippen molar-refractivity contribution >= 4 is 11.6 Å². The van der Waals surface area contributed by atoms with Crippen LogP contribution in [0, 0.1) is 0 Å². The van der Waals surface area contributed by atoms with E-state index in [1.54, 1.807) is 4.90 Å². The van der Waals surface area contributed by atoms with Gasteiger partial charge in [-0.05, 0) is 35.1 Å². The van der Waals surface area contributed by atoms with Gasteiger partial charge in [0.15, 0.2) is 0 Å². The number of phenols is 1. The van der Waals surface area contributed by atoms with Crippen LogP contribution in [0.2, 0.25) is 5.02 Å². The number of halogens is 1. The summed E-state index contributed by atoms with van der Waals surface area (Å²) in [6.07, 6.45) is 2.55. The summed E-state index contributed by atoms with van der Waals surface area (Å²) in [6.45, 7) is 15.4. The maximum absolute atomic E-state index is 11.1. The van der Waals surface area contributed by atoms with Crippen LogP contribution < -0.4 is 4.90 Å². The van der Waals surface area contributed by atoms with Gasteiger partial charge < -0.3 is 10.0 Å². The third-order valence-corrected chi connectivity index (χ3v) is 6.19. The summed E-state index contributed by atoms with van der Waals surface area (Å²) < 4.78 is 0. The Morgan fingerprint density at radius 3 is 1.71 bits per heavy atom. The minimum absolute atomic E-state index is 0.120. The largest absolute Gasteiger partial charge is 0.507 e. The van der Waals surface area contributed by atoms with Gasteiger partial charge in [-0.1, -0.05) is 65.3 Å². The molecule has 0 unspecified atom stereocenters. The van der Waals surface area contributed by atoms with Gasteiger partial charge in [-0.3, -0.25) is 0 Å². The Balaban J connectivity index is 2.23. The van der Waals surface area contributed by atoms with Crippen molar-refractivity contribution in [1.82, 2.24) is 0 Å². The number of hydrogen-bond donors (Lipinski definition) is 2. The molecule has 1 aliphatic rings. The number of rotatable bonds is 3. The number of likely N-dealkylation sites (tertiary alicyclic amines) is 1. The molecule has 1 heterocycles. The lowest BCUT2D eigenvalue weighted by molar-refractivity contribution is -0.913. The zero-order valence-corrected chi connectivity index (χ0v) is 19.0. The smallest absolute Gasteiger partial charge is 0.139 e. The van der Waals surface area contributed by atoms with Gasteiger partial charge in [0.1, 0.15) is 11.8 Å². The van der Waals surface area contributed by atoms with E-state index in [1.807, 2.05) is 12.1 Å². The molecule has 0 saturated carbocycles. The average molecular weight is 401 g/mol. The summed E-state index contributed by atoms with van der Waals surface area (Å²) in [7, 11) is 0. The maximum Gasteiger partial charge on any atom is 0.139 e. The van der Waals surface area contributed by atoms with E-state index in [0.29, 0.717) is 5.75 Å². The molecule has 0 aliphatic carbocycles. The summed E-state index contributed by atoms with van der Waals surface area (Å²) in [5.41, 5.74) is 4.43. The monoisotopic (exact) mass is 400 g/mol. The molecule has 3 heteroatoms. The van der Waals surface area contributed by atoms with Crippen LogP contribution in [0.1, 0.15) is 82.7 Å². The predicted molar refractivity (Wildman–Crippen MR) is 119 cm³/mol. The number of nitrogens with one attached hydrogen (secondary N) is 1. The summed E-state index contributed by atoms with van der Waals surface area (Å²) in [4.78, 5) is 1.60. The van der Waals surface area contributed by atoms with Gasteiger partial charge in [0.25, 0.3) is 0 Å². The topological polar surface area (TPSA) is 24.7 Å². The van der Waals surface area contributed by atoms with Crippen molar-refractivity contribution in [2.75, 3.05) is 13.1 Å². The zero-order chi connectivity index (χ0) is 20.7. The Labute approximate surface area is 175 Å². The van der Waals surface area contributed by atoms with Crippen molar-refractivity contribution < 1.29 is 10.0 Å². The maximum atomic E-state index is 11.1. The fourth-order valence-electron chi connectivity index (χ4n) is 4.40. The number of phenolic OH excluding ortho intramolecular Hbond substituents is 1. The lowest BCUT2D eigenvalue weighted by atomic mass is 9.77. The average Bonchev–Trinajstić information content (AvgIpc) is 3.10. The molecule has 1 saturated heterocycles. The van der Waals surface area contributed by atoms with Gasteiger partial charge in [0.05, 0.1) is 13.1 Å². The van der Waals surface area contributed by atoms with Crippen LogP contribution in [-0.4, -0.2) is 18.2 Å². The van der Waals surface area contributed by atoms with Crippen molar-refractivity contribution in [2.24, 2.45) is 0 Å². The SMILES string of the molecule is CC(C)(C)c1cc([C@@H](c2ccc(Cl)cc2)[NH+]2CCCC2)cc(C(C)(C)C)c1O. The van der Waals surface area contributed by atoms with E-state index in [-0.39, 0.29) is 16.9 Å². The van der Waals surface area contributed by atoms with Crippen LogP contribution in [0.15, 0.2) is 36.4 Å². The van der Waals surface area contributed by atoms with E-state index in [2.05, 4.69) is 65.8 Å². The predicted octanol–water partition coefficient (Wildman–Crippen LogP) is 5.41. The second-order valence-corrected chi connectivity index (χ2v) is 10.8. The first-order chi connectivity index (χ1) is 13.0. The molecule has 152 valence electrons. The molecule has 0 aromatic heterocycles. The number of aromatic hydroxyl groups is 1. The molecule has 2 aromatic carbocycles. The van der Waals surface area contributed by atoms with Gasteiger partial charge in [-0.15, -0.1) is 0 Å². The Bertz CT molecular complexity index is 786. The molecule has 2 nitrogen and oxygen atoms in total. The first-order valence-corrected chi connectivity index (χ1v) is 10.8.